The lowest BCUT2D eigenvalue weighted by Crippen LogP contribution is -2.30. The molecular formula is C73H132O16P2. The van der Waals surface area contributed by atoms with Gasteiger partial charge in [-0.15, -0.1) is 0 Å². The number of ether oxygens (including phenoxy) is 3. The van der Waals surface area contributed by atoms with Crippen molar-refractivity contribution in [3.8, 4) is 0 Å². The molecule has 5 unspecified atom stereocenters. The second kappa shape index (κ2) is 67.0. The van der Waals surface area contributed by atoms with Crippen LogP contribution in [0.25, 0.3) is 0 Å². The monoisotopic (exact) mass is 1330 g/mol. The Balaban J connectivity index is 4.54. The fourth-order valence-corrected chi connectivity index (χ4v) is 11.5. The van der Waals surface area contributed by atoms with Crippen molar-refractivity contribution in [2.75, 3.05) is 39.6 Å². The molecule has 0 aliphatic carbocycles. The first-order valence-electron chi connectivity index (χ1n) is 36.2. The summed E-state index contributed by atoms with van der Waals surface area (Å²) in [6, 6.07) is 0. The van der Waals surface area contributed by atoms with Gasteiger partial charge in [0.25, 0.3) is 0 Å². The molecule has 0 bridgehead atoms. The van der Waals surface area contributed by atoms with Crippen molar-refractivity contribution < 1.29 is 75.8 Å². The highest BCUT2D eigenvalue weighted by molar-refractivity contribution is 7.47. The second-order valence-corrected chi connectivity index (χ2v) is 27.3. The molecule has 0 aromatic heterocycles. The summed E-state index contributed by atoms with van der Waals surface area (Å²) in [6.07, 6.45) is 70.9. The number of aliphatic hydroxyl groups excluding tert-OH is 2. The first-order valence-corrected chi connectivity index (χ1v) is 39.2. The van der Waals surface area contributed by atoms with Crippen molar-refractivity contribution in [3.05, 3.63) is 72.9 Å². The largest absolute Gasteiger partial charge is 0.472 e. The minimum absolute atomic E-state index is 0.109. The molecule has 0 aromatic carbocycles. The summed E-state index contributed by atoms with van der Waals surface area (Å²) in [7, 11) is -9.77. The smallest absolute Gasteiger partial charge is 0.463 e. The van der Waals surface area contributed by atoms with Crippen LogP contribution in [0.15, 0.2) is 72.9 Å². The number of phosphoric ester groups is 2. The van der Waals surface area contributed by atoms with E-state index in [-0.39, 0.29) is 19.3 Å². The highest BCUT2D eigenvalue weighted by atomic mass is 31.2. The second-order valence-electron chi connectivity index (χ2n) is 24.4. The van der Waals surface area contributed by atoms with E-state index >= 15 is 0 Å². The van der Waals surface area contributed by atoms with E-state index in [9.17, 15) is 43.5 Å². The Bertz CT molecular complexity index is 1950. The summed E-state index contributed by atoms with van der Waals surface area (Å²) in [5.41, 5.74) is 0. The standard InChI is InChI=1S/C73H132O16P2/c1-4-7-10-13-16-19-22-25-28-29-30-31-32-33-34-35-36-37-40-42-44-47-50-53-56-59-71(76)83-62-68(74)63-85-90(79,80)86-64-69(75)65-87-91(81,82)88-67-70(89-73(78)61-58-55-52-49-46-43-39-27-24-21-18-15-12-9-6-3)66-84-72(77)60-57-54-51-48-45-41-38-26-23-20-17-14-11-8-5-2/h7,10,16,19,25-26,28,30-31,33-34,38,68-70,74-75H,4-6,8-9,11-15,17-18,20-24,27,29,32,35-37,39-67H2,1-3H3,(H,79,80)(H,81,82)/b10-7-,19-16-,28-25-,31-30-,34-33-,38-26-. The molecule has 0 spiro atoms. The number of aliphatic hydroxyl groups is 2. The summed E-state index contributed by atoms with van der Waals surface area (Å²) in [5.74, 6) is -1.57. The molecule has 0 aromatic rings. The number of unbranched alkanes of at least 4 members (excludes halogenated alkanes) is 34. The quantitative estimate of drug-likeness (QED) is 0.0146. The van der Waals surface area contributed by atoms with Crippen molar-refractivity contribution in [3.63, 3.8) is 0 Å². The molecule has 0 amide bonds. The molecule has 0 heterocycles. The van der Waals surface area contributed by atoms with Gasteiger partial charge >= 0.3 is 33.6 Å². The van der Waals surface area contributed by atoms with Gasteiger partial charge in [-0.2, -0.15) is 0 Å². The minimum Gasteiger partial charge on any atom is -0.463 e. The molecule has 0 fully saturated rings. The highest BCUT2D eigenvalue weighted by Gasteiger charge is 2.29. The Hall–Kier alpha value is -3.01. The molecule has 0 saturated heterocycles. The Morgan fingerprint density at radius 3 is 0.934 bits per heavy atom. The molecule has 0 rings (SSSR count). The van der Waals surface area contributed by atoms with Crippen LogP contribution >= 0.6 is 15.6 Å². The van der Waals surface area contributed by atoms with Crippen molar-refractivity contribution in [1.29, 1.82) is 0 Å². The molecule has 16 nitrogen and oxygen atoms in total. The zero-order chi connectivity index (χ0) is 66.7. The van der Waals surface area contributed by atoms with Crippen molar-refractivity contribution in [1.82, 2.24) is 0 Å². The number of rotatable bonds is 69. The Labute approximate surface area is 553 Å². The van der Waals surface area contributed by atoms with Gasteiger partial charge in [-0.05, 0) is 89.9 Å². The van der Waals surface area contributed by atoms with E-state index in [2.05, 4.69) is 93.7 Å². The number of allylic oxidation sites excluding steroid dienone is 12. The summed E-state index contributed by atoms with van der Waals surface area (Å²) >= 11 is 0. The molecule has 5 atom stereocenters. The van der Waals surface area contributed by atoms with Gasteiger partial charge in [0.05, 0.1) is 26.4 Å². The van der Waals surface area contributed by atoms with Crippen LogP contribution in [-0.4, -0.2) is 95.9 Å². The lowest BCUT2D eigenvalue weighted by molar-refractivity contribution is -0.161. The van der Waals surface area contributed by atoms with Gasteiger partial charge in [0, 0.05) is 19.3 Å². The van der Waals surface area contributed by atoms with Crippen LogP contribution in [-0.2, 0) is 55.8 Å². The minimum atomic E-state index is -4.92. The predicted octanol–water partition coefficient (Wildman–Crippen LogP) is 20.3. The first kappa shape index (κ1) is 88.0. The average molecular weight is 1330 g/mol. The van der Waals surface area contributed by atoms with Crippen LogP contribution < -0.4 is 0 Å². The van der Waals surface area contributed by atoms with E-state index in [0.717, 1.165) is 128 Å². The molecule has 0 radical (unpaired) electrons. The normalized spacial score (nSPS) is 14.6. The van der Waals surface area contributed by atoms with Crippen molar-refractivity contribution in [2.45, 2.75) is 334 Å². The SMILES string of the molecule is CC/C=C\C/C=C\C/C=C\C/C=C\C/C=C\CCCCCCCCCCCC(=O)OCC(O)COP(=O)(O)OCC(O)COP(=O)(O)OCC(COC(=O)CCCCCCC/C=C\CCCCCCCC)OC(=O)CCCCCCCCCCCCCCCCC. The Morgan fingerprint density at radius 2 is 0.582 bits per heavy atom. The van der Waals surface area contributed by atoms with E-state index in [1.165, 1.54) is 128 Å². The third-order valence-corrected chi connectivity index (χ3v) is 17.3. The number of hydrogen-bond donors (Lipinski definition) is 4. The number of esters is 3. The van der Waals surface area contributed by atoms with Gasteiger partial charge in [0.1, 0.15) is 25.4 Å². The molecule has 91 heavy (non-hydrogen) atoms. The zero-order valence-electron chi connectivity index (χ0n) is 57.5. The molecule has 0 saturated carbocycles. The fraction of sp³-hybridized carbons (Fsp3) is 0.795. The maximum atomic E-state index is 12.9. The average Bonchev–Trinajstić information content (AvgIpc) is 3.08. The number of hydrogen-bond acceptors (Lipinski definition) is 14. The van der Waals surface area contributed by atoms with Crippen LogP contribution in [0.3, 0.4) is 0 Å². The van der Waals surface area contributed by atoms with Crippen LogP contribution in [0.2, 0.25) is 0 Å². The fourth-order valence-electron chi connectivity index (χ4n) is 9.89. The van der Waals surface area contributed by atoms with Gasteiger partial charge in [0.2, 0.25) is 0 Å². The Morgan fingerprint density at radius 1 is 0.319 bits per heavy atom. The number of phosphoric acid groups is 2. The maximum absolute atomic E-state index is 12.9. The van der Waals surface area contributed by atoms with Crippen molar-refractivity contribution >= 4 is 33.6 Å². The van der Waals surface area contributed by atoms with Crippen LogP contribution in [0.5, 0.6) is 0 Å². The van der Waals surface area contributed by atoms with Crippen LogP contribution in [0, 0.1) is 0 Å². The van der Waals surface area contributed by atoms with E-state index in [1.54, 1.807) is 0 Å². The molecule has 0 aliphatic heterocycles. The summed E-state index contributed by atoms with van der Waals surface area (Å²) in [5, 5.41) is 20.6. The highest BCUT2D eigenvalue weighted by Crippen LogP contribution is 2.45. The number of carbonyl (C=O) groups excluding carboxylic acids is 3. The van der Waals surface area contributed by atoms with Gasteiger partial charge < -0.3 is 34.2 Å². The topological polar surface area (TPSA) is 231 Å². The van der Waals surface area contributed by atoms with Crippen LogP contribution in [0.1, 0.15) is 316 Å². The maximum Gasteiger partial charge on any atom is 0.472 e. The molecule has 530 valence electrons. The third-order valence-electron chi connectivity index (χ3n) is 15.4. The van der Waals surface area contributed by atoms with Gasteiger partial charge in [0.15, 0.2) is 6.10 Å². The molecule has 4 N–H and O–H groups in total. The van der Waals surface area contributed by atoms with Gasteiger partial charge in [-0.1, -0.05) is 280 Å². The summed E-state index contributed by atoms with van der Waals surface area (Å²) in [4.78, 5) is 58.4. The van der Waals surface area contributed by atoms with Crippen molar-refractivity contribution in [2.24, 2.45) is 0 Å². The van der Waals surface area contributed by atoms with E-state index < -0.39 is 91.5 Å². The third kappa shape index (κ3) is 68.2. The van der Waals surface area contributed by atoms with E-state index in [0.29, 0.717) is 19.3 Å². The van der Waals surface area contributed by atoms with E-state index in [4.69, 9.17) is 32.3 Å². The first-order chi connectivity index (χ1) is 44.2. The van der Waals surface area contributed by atoms with Crippen LogP contribution in [0.4, 0.5) is 0 Å². The van der Waals surface area contributed by atoms with Gasteiger partial charge in [-0.3, -0.25) is 32.5 Å². The lowest BCUT2D eigenvalue weighted by atomic mass is 10.0. The van der Waals surface area contributed by atoms with Gasteiger partial charge in [-0.25, -0.2) is 9.13 Å². The summed E-state index contributed by atoms with van der Waals surface area (Å²) < 4.78 is 61.0. The zero-order valence-corrected chi connectivity index (χ0v) is 59.3. The molecular weight excluding hydrogens is 1190 g/mol. The number of carbonyl (C=O) groups is 3. The Kier molecular flexibility index (Phi) is 64.8. The molecule has 18 heteroatoms. The predicted molar refractivity (Wildman–Crippen MR) is 372 cm³/mol. The summed E-state index contributed by atoms with van der Waals surface area (Å²) in [6.45, 7) is 2.58. The lowest BCUT2D eigenvalue weighted by Gasteiger charge is -2.21. The van der Waals surface area contributed by atoms with E-state index in [1.807, 2.05) is 0 Å². The molecule has 0 aliphatic rings.